The average molecular weight is 294 g/mol. The molecule has 1 heterocycles. The van der Waals surface area contributed by atoms with Crippen LogP contribution in [0.2, 0.25) is 0 Å². The van der Waals surface area contributed by atoms with Gasteiger partial charge in [-0.2, -0.15) is 0 Å². The summed E-state index contributed by atoms with van der Waals surface area (Å²) in [6, 6.07) is 5.09. The van der Waals surface area contributed by atoms with E-state index in [0.717, 1.165) is 29.2 Å². The van der Waals surface area contributed by atoms with E-state index in [9.17, 15) is 4.39 Å². The number of hydrogen-bond donors (Lipinski definition) is 1. The summed E-state index contributed by atoms with van der Waals surface area (Å²) >= 11 is 1.52. The minimum atomic E-state index is -0.233. The van der Waals surface area contributed by atoms with Gasteiger partial charge < -0.3 is 10.1 Å². The largest absolute Gasteiger partial charge is 0.378 e. The molecule has 0 unspecified atom stereocenters. The summed E-state index contributed by atoms with van der Waals surface area (Å²) in [6.45, 7) is 6.08. The molecular weight excluding hydrogens is 275 g/mol. The Balaban J connectivity index is 2.38. The molecule has 2 aromatic rings. The number of methoxy groups -OCH3 is 1. The van der Waals surface area contributed by atoms with E-state index >= 15 is 0 Å². The fourth-order valence-electron chi connectivity index (χ4n) is 1.93. The van der Waals surface area contributed by atoms with Gasteiger partial charge in [-0.3, -0.25) is 0 Å². The highest BCUT2D eigenvalue weighted by molar-refractivity contribution is 7.15. The van der Waals surface area contributed by atoms with Crippen molar-refractivity contribution in [2.24, 2.45) is 0 Å². The van der Waals surface area contributed by atoms with Gasteiger partial charge in [-0.25, -0.2) is 9.37 Å². The predicted octanol–water partition coefficient (Wildman–Crippen LogP) is 3.51. The third-order valence-corrected chi connectivity index (χ3v) is 4.08. The van der Waals surface area contributed by atoms with E-state index in [-0.39, 0.29) is 5.82 Å². The molecule has 20 heavy (non-hydrogen) atoms. The second kappa shape index (κ2) is 6.92. The molecule has 0 fully saturated rings. The minimum Gasteiger partial charge on any atom is -0.378 e. The van der Waals surface area contributed by atoms with E-state index in [2.05, 4.69) is 17.2 Å². The van der Waals surface area contributed by atoms with Gasteiger partial charge in [-0.1, -0.05) is 18.6 Å². The SMILES string of the molecule is CCNCc1sc(-c2cc(C)ccc2F)nc1COC. The first-order valence-electron chi connectivity index (χ1n) is 6.60. The molecule has 1 N–H and O–H groups in total. The second-order valence-corrected chi connectivity index (χ2v) is 5.67. The summed E-state index contributed by atoms with van der Waals surface area (Å²) in [5, 5.41) is 3.99. The maximum absolute atomic E-state index is 14.0. The molecule has 0 saturated carbocycles. The van der Waals surface area contributed by atoms with Gasteiger partial charge in [0.25, 0.3) is 0 Å². The smallest absolute Gasteiger partial charge is 0.133 e. The van der Waals surface area contributed by atoms with Crippen LogP contribution in [0.25, 0.3) is 10.6 Å². The number of rotatable bonds is 6. The highest BCUT2D eigenvalue weighted by atomic mass is 32.1. The summed E-state index contributed by atoms with van der Waals surface area (Å²) in [7, 11) is 1.64. The molecular formula is C15H19FN2OS. The summed E-state index contributed by atoms with van der Waals surface area (Å²) in [5.74, 6) is -0.233. The van der Waals surface area contributed by atoms with E-state index < -0.39 is 0 Å². The summed E-state index contributed by atoms with van der Waals surface area (Å²) < 4.78 is 19.1. The number of thiazole rings is 1. The van der Waals surface area contributed by atoms with Gasteiger partial charge in [0.2, 0.25) is 0 Å². The number of hydrogen-bond acceptors (Lipinski definition) is 4. The van der Waals surface area contributed by atoms with E-state index in [4.69, 9.17) is 4.74 Å². The standard InChI is InChI=1S/C15H19FN2OS/c1-4-17-8-14-13(9-19-3)18-15(20-14)11-7-10(2)5-6-12(11)16/h5-7,17H,4,8-9H2,1-3H3. The number of nitrogens with one attached hydrogen (secondary N) is 1. The van der Waals surface area contributed by atoms with Crippen LogP contribution >= 0.6 is 11.3 Å². The number of benzene rings is 1. The number of ether oxygens (including phenoxy) is 1. The molecule has 0 atom stereocenters. The Morgan fingerprint density at radius 3 is 2.90 bits per heavy atom. The molecule has 0 aliphatic heterocycles. The number of aryl methyl sites for hydroxylation is 1. The molecule has 1 aromatic heterocycles. The van der Waals surface area contributed by atoms with Gasteiger partial charge in [0, 0.05) is 24.1 Å². The van der Waals surface area contributed by atoms with Crippen LogP contribution in [-0.4, -0.2) is 18.6 Å². The highest BCUT2D eigenvalue weighted by Gasteiger charge is 2.15. The lowest BCUT2D eigenvalue weighted by atomic mass is 10.1. The first-order valence-corrected chi connectivity index (χ1v) is 7.42. The van der Waals surface area contributed by atoms with Crippen LogP contribution in [0.4, 0.5) is 4.39 Å². The Morgan fingerprint density at radius 1 is 1.40 bits per heavy atom. The molecule has 0 aliphatic rings. The lowest BCUT2D eigenvalue weighted by Crippen LogP contribution is -2.12. The van der Waals surface area contributed by atoms with E-state index in [0.29, 0.717) is 17.2 Å². The van der Waals surface area contributed by atoms with Gasteiger partial charge in [0.1, 0.15) is 10.8 Å². The molecule has 0 radical (unpaired) electrons. The van der Waals surface area contributed by atoms with Crippen LogP contribution in [-0.2, 0) is 17.9 Å². The van der Waals surface area contributed by atoms with Crippen molar-refractivity contribution in [3.63, 3.8) is 0 Å². The van der Waals surface area contributed by atoms with Crippen LogP contribution in [0, 0.1) is 12.7 Å². The maximum Gasteiger partial charge on any atom is 0.133 e. The van der Waals surface area contributed by atoms with Crippen LogP contribution in [0.1, 0.15) is 23.1 Å². The van der Waals surface area contributed by atoms with Gasteiger partial charge >= 0.3 is 0 Å². The van der Waals surface area contributed by atoms with Crippen molar-refractivity contribution in [1.82, 2.24) is 10.3 Å². The monoisotopic (exact) mass is 294 g/mol. The zero-order valence-corrected chi connectivity index (χ0v) is 12.8. The van der Waals surface area contributed by atoms with Crippen molar-refractivity contribution in [3.8, 4) is 10.6 Å². The quantitative estimate of drug-likeness (QED) is 0.885. The fourth-order valence-corrected chi connectivity index (χ4v) is 2.98. The predicted molar refractivity (Wildman–Crippen MR) is 80.3 cm³/mol. The second-order valence-electron chi connectivity index (χ2n) is 4.59. The number of aromatic nitrogens is 1. The highest BCUT2D eigenvalue weighted by Crippen LogP contribution is 2.31. The fraction of sp³-hybridized carbons (Fsp3) is 0.400. The Morgan fingerprint density at radius 2 is 2.20 bits per heavy atom. The minimum absolute atomic E-state index is 0.233. The Labute approximate surface area is 122 Å². The Bertz CT molecular complexity index is 583. The first kappa shape index (κ1) is 15.1. The summed E-state index contributed by atoms with van der Waals surface area (Å²) in [4.78, 5) is 5.64. The Kier molecular flexibility index (Phi) is 5.23. The molecule has 0 aliphatic carbocycles. The molecule has 0 bridgehead atoms. The Hall–Kier alpha value is -1.30. The van der Waals surface area contributed by atoms with E-state index in [1.54, 1.807) is 13.2 Å². The molecule has 0 spiro atoms. The van der Waals surface area contributed by atoms with Crippen molar-refractivity contribution >= 4 is 11.3 Å². The third-order valence-electron chi connectivity index (χ3n) is 2.95. The molecule has 2 rings (SSSR count). The molecule has 0 amide bonds. The van der Waals surface area contributed by atoms with Gasteiger partial charge in [0.05, 0.1) is 12.3 Å². The van der Waals surface area contributed by atoms with Gasteiger partial charge in [-0.15, -0.1) is 11.3 Å². The van der Waals surface area contributed by atoms with Crippen molar-refractivity contribution in [1.29, 1.82) is 0 Å². The van der Waals surface area contributed by atoms with E-state index in [1.165, 1.54) is 17.4 Å². The summed E-state index contributed by atoms with van der Waals surface area (Å²) in [6.07, 6.45) is 0. The van der Waals surface area contributed by atoms with Crippen LogP contribution in [0.5, 0.6) is 0 Å². The molecule has 0 saturated heterocycles. The maximum atomic E-state index is 14.0. The van der Waals surface area contributed by atoms with Crippen molar-refractivity contribution in [2.45, 2.75) is 27.0 Å². The topological polar surface area (TPSA) is 34.2 Å². The van der Waals surface area contributed by atoms with Crippen molar-refractivity contribution in [2.75, 3.05) is 13.7 Å². The summed E-state index contributed by atoms with van der Waals surface area (Å²) in [5.41, 5.74) is 2.47. The first-order chi connectivity index (χ1) is 9.65. The van der Waals surface area contributed by atoms with Crippen LogP contribution in [0.3, 0.4) is 0 Å². The van der Waals surface area contributed by atoms with E-state index in [1.807, 2.05) is 13.0 Å². The van der Waals surface area contributed by atoms with Crippen molar-refractivity contribution in [3.05, 3.63) is 40.2 Å². The lowest BCUT2D eigenvalue weighted by Gasteiger charge is -2.00. The zero-order valence-electron chi connectivity index (χ0n) is 12.0. The molecule has 5 heteroatoms. The van der Waals surface area contributed by atoms with Crippen molar-refractivity contribution < 1.29 is 9.13 Å². The van der Waals surface area contributed by atoms with Gasteiger partial charge in [-0.05, 0) is 25.6 Å². The number of halogens is 1. The molecule has 1 aromatic carbocycles. The van der Waals surface area contributed by atoms with Gasteiger partial charge in [0.15, 0.2) is 0 Å². The average Bonchev–Trinajstić information content (AvgIpc) is 2.82. The third kappa shape index (κ3) is 3.42. The lowest BCUT2D eigenvalue weighted by molar-refractivity contribution is 0.181. The van der Waals surface area contributed by atoms with Crippen LogP contribution in [0.15, 0.2) is 18.2 Å². The molecule has 108 valence electrons. The zero-order chi connectivity index (χ0) is 14.5. The number of nitrogens with zero attached hydrogens (tertiary/aromatic N) is 1. The van der Waals surface area contributed by atoms with Crippen LogP contribution < -0.4 is 5.32 Å². The molecule has 3 nitrogen and oxygen atoms in total. The normalized spacial score (nSPS) is 11.0.